The molecule has 0 spiro atoms. The number of Topliss-reactive ketones (excluding diaryl/α,β-unsaturated/α-hetero) is 1. The number of rotatable bonds is 4. The van der Waals surface area contributed by atoms with Gasteiger partial charge in [0.15, 0.2) is 5.78 Å². The van der Waals surface area contributed by atoms with Crippen molar-refractivity contribution < 1.29 is 4.79 Å². The highest BCUT2D eigenvalue weighted by Gasteiger charge is 2.17. The Hall–Kier alpha value is -1.25. The van der Waals surface area contributed by atoms with Gasteiger partial charge in [-0.05, 0) is 44.5 Å². The van der Waals surface area contributed by atoms with Crippen molar-refractivity contribution in [2.75, 3.05) is 0 Å². The van der Waals surface area contributed by atoms with Gasteiger partial charge < -0.3 is 0 Å². The van der Waals surface area contributed by atoms with Crippen LogP contribution < -0.4 is 0 Å². The fraction of sp³-hybridized carbons (Fsp3) is 0.235. The number of carbonyl (C=O) groups excluding carboxylic acids is 1. The maximum Gasteiger partial charge on any atom is 0.175 e. The summed E-state index contributed by atoms with van der Waals surface area (Å²) in [6.07, 6.45) is 0. The van der Waals surface area contributed by atoms with Gasteiger partial charge in [0.1, 0.15) is 0 Å². The first-order valence-corrected chi connectivity index (χ1v) is 7.77. The largest absolute Gasteiger partial charge is 0.293 e. The minimum atomic E-state index is -0.130. The molecule has 0 bridgehead atoms. The molecule has 0 aliphatic carbocycles. The highest BCUT2D eigenvalue weighted by Crippen LogP contribution is 2.29. The molecule has 0 amide bonds. The zero-order chi connectivity index (χ0) is 14.7. The van der Waals surface area contributed by atoms with Crippen LogP contribution in [-0.4, -0.2) is 11.0 Å². The molecular formula is C17H17ClOS. The van der Waals surface area contributed by atoms with Crippen molar-refractivity contribution in [3.63, 3.8) is 0 Å². The van der Waals surface area contributed by atoms with Gasteiger partial charge in [0, 0.05) is 15.5 Å². The van der Waals surface area contributed by atoms with Gasteiger partial charge in [0.2, 0.25) is 0 Å². The lowest BCUT2D eigenvalue weighted by atomic mass is 10.1. The molecule has 0 aliphatic rings. The summed E-state index contributed by atoms with van der Waals surface area (Å²) in [6, 6.07) is 13.4. The summed E-state index contributed by atoms with van der Waals surface area (Å²) in [5.74, 6) is 0.109. The Morgan fingerprint density at radius 2 is 1.90 bits per heavy atom. The third-order valence-corrected chi connectivity index (χ3v) is 4.63. The number of thioether (sulfide) groups is 1. The Kier molecular flexibility index (Phi) is 4.90. The van der Waals surface area contributed by atoms with Crippen LogP contribution in [-0.2, 0) is 0 Å². The number of hydrogen-bond donors (Lipinski definition) is 0. The molecule has 104 valence electrons. The van der Waals surface area contributed by atoms with E-state index in [4.69, 9.17) is 11.6 Å². The summed E-state index contributed by atoms with van der Waals surface area (Å²) in [4.78, 5) is 13.6. The molecule has 0 N–H and O–H groups in total. The van der Waals surface area contributed by atoms with E-state index in [0.29, 0.717) is 10.6 Å². The van der Waals surface area contributed by atoms with E-state index in [-0.39, 0.29) is 11.0 Å². The zero-order valence-corrected chi connectivity index (χ0v) is 13.4. The third-order valence-electron chi connectivity index (χ3n) is 3.11. The second kappa shape index (κ2) is 6.47. The topological polar surface area (TPSA) is 17.1 Å². The van der Waals surface area contributed by atoms with Crippen LogP contribution in [0.15, 0.2) is 47.4 Å². The first kappa shape index (κ1) is 15.1. The molecule has 1 unspecified atom stereocenters. The number of ketones is 1. The van der Waals surface area contributed by atoms with E-state index in [0.717, 1.165) is 4.90 Å². The molecule has 0 aliphatic heterocycles. The predicted octanol–water partition coefficient (Wildman–Crippen LogP) is 5.32. The van der Waals surface area contributed by atoms with Crippen LogP contribution in [0.2, 0.25) is 5.02 Å². The monoisotopic (exact) mass is 304 g/mol. The Morgan fingerprint density at radius 3 is 2.55 bits per heavy atom. The third kappa shape index (κ3) is 3.65. The number of aryl methyl sites for hydroxylation is 2. The molecule has 0 saturated heterocycles. The minimum Gasteiger partial charge on any atom is -0.293 e. The normalized spacial score (nSPS) is 12.2. The maximum absolute atomic E-state index is 12.4. The van der Waals surface area contributed by atoms with Crippen LogP contribution in [0, 0.1) is 13.8 Å². The summed E-state index contributed by atoms with van der Waals surface area (Å²) in [6.45, 7) is 6.08. The molecule has 2 aromatic rings. The molecule has 0 aromatic heterocycles. The Bertz CT molecular complexity index is 637. The lowest BCUT2D eigenvalue weighted by Gasteiger charge is -2.13. The summed E-state index contributed by atoms with van der Waals surface area (Å²) >= 11 is 7.53. The van der Waals surface area contributed by atoms with Crippen LogP contribution >= 0.6 is 23.4 Å². The van der Waals surface area contributed by atoms with E-state index >= 15 is 0 Å². The molecule has 20 heavy (non-hydrogen) atoms. The van der Waals surface area contributed by atoms with Gasteiger partial charge in [0.05, 0.1) is 5.25 Å². The predicted molar refractivity (Wildman–Crippen MR) is 87.0 cm³/mol. The van der Waals surface area contributed by atoms with Crippen molar-refractivity contribution in [3.8, 4) is 0 Å². The summed E-state index contributed by atoms with van der Waals surface area (Å²) in [7, 11) is 0. The van der Waals surface area contributed by atoms with Gasteiger partial charge in [0.25, 0.3) is 0 Å². The van der Waals surface area contributed by atoms with Crippen LogP contribution in [0.4, 0.5) is 0 Å². The number of benzene rings is 2. The summed E-state index contributed by atoms with van der Waals surface area (Å²) in [5, 5.41) is 0.467. The average molecular weight is 305 g/mol. The van der Waals surface area contributed by atoms with Crippen molar-refractivity contribution in [3.05, 3.63) is 64.2 Å². The highest BCUT2D eigenvalue weighted by atomic mass is 35.5. The molecular weight excluding hydrogens is 288 g/mol. The molecule has 1 nitrogen and oxygen atoms in total. The first-order chi connectivity index (χ1) is 9.47. The average Bonchev–Trinajstić information content (AvgIpc) is 2.41. The maximum atomic E-state index is 12.4. The van der Waals surface area contributed by atoms with Gasteiger partial charge >= 0.3 is 0 Å². The second-order valence-electron chi connectivity index (χ2n) is 4.90. The van der Waals surface area contributed by atoms with E-state index in [1.165, 1.54) is 11.1 Å². The van der Waals surface area contributed by atoms with Crippen molar-refractivity contribution in [1.29, 1.82) is 0 Å². The number of carbonyl (C=O) groups is 1. The van der Waals surface area contributed by atoms with Gasteiger partial charge in [-0.15, -0.1) is 11.8 Å². The fourth-order valence-electron chi connectivity index (χ4n) is 2.05. The van der Waals surface area contributed by atoms with Gasteiger partial charge in [-0.3, -0.25) is 4.79 Å². The molecule has 1 atom stereocenters. The molecule has 3 heteroatoms. The van der Waals surface area contributed by atoms with Crippen LogP contribution in [0.1, 0.15) is 28.4 Å². The van der Waals surface area contributed by atoms with E-state index < -0.39 is 0 Å². The smallest absolute Gasteiger partial charge is 0.175 e. The van der Waals surface area contributed by atoms with Crippen molar-refractivity contribution in [2.45, 2.75) is 30.9 Å². The molecule has 0 heterocycles. The van der Waals surface area contributed by atoms with Crippen LogP contribution in [0.3, 0.4) is 0 Å². The number of halogens is 1. The number of hydrogen-bond acceptors (Lipinski definition) is 2. The summed E-state index contributed by atoms with van der Waals surface area (Å²) in [5.41, 5.74) is 3.11. The Labute approximate surface area is 129 Å². The minimum absolute atomic E-state index is 0.109. The first-order valence-electron chi connectivity index (χ1n) is 6.51. The molecule has 0 radical (unpaired) electrons. The van der Waals surface area contributed by atoms with E-state index in [2.05, 4.69) is 32.0 Å². The standard InChI is InChI=1S/C17H17ClOS/c1-11-7-8-16(12(2)9-11)20-13(3)17(19)14-5-4-6-15(18)10-14/h4-10,13H,1-3H3. The van der Waals surface area contributed by atoms with Crippen molar-refractivity contribution in [2.24, 2.45) is 0 Å². The summed E-state index contributed by atoms with van der Waals surface area (Å²) < 4.78 is 0. The van der Waals surface area contributed by atoms with Crippen LogP contribution in [0.5, 0.6) is 0 Å². The van der Waals surface area contributed by atoms with E-state index in [9.17, 15) is 4.79 Å². The molecule has 2 aromatic carbocycles. The Balaban J connectivity index is 2.15. The van der Waals surface area contributed by atoms with E-state index in [1.54, 1.807) is 23.9 Å². The Morgan fingerprint density at radius 1 is 1.15 bits per heavy atom. The van der Waals surface area contributed by atoms with Gasteiger partial charge in [-0.1, -0.05) is 41.4 Å². The lowest BCUT2D eigenvalue weighted by Crippen LogP contribution is -2.13. The SMILES string of the molecule is Cc1ccc(SC(C)C(=O)c2cccc(Cl)c2)c(C)c1. The van der Waals surface area contributed by atoms with E-state index in [1.807, 2.05) is 19.1 Å². The van der Waals surface area contributed by atoms with Crippen molar-refractivity contribution in [1.82, 2.24) is 0 Å². The zero-order valence-electron chi connectivity index (χ0n) is 11.8. The van der Waals surface area contributed by atoms with Crippen LogP contribution in [0.25, 0.3) is 0 Å². The molecule has 0 saturated carbocycles. The second-order valence-corrected chi connectivity index (χ2v) is 6.72. The highest BCUT2D eigenvalue weighted by molar-refractivity contribution is 8.00. The molecule has 0 fully saturated rings. The lowest BCUT2D eigenvalue weighted by molar-refractivity contribution is 0.0994. The fourth-order valence-corrected chi connectivity index (χ4v) is 3.26. The molecule has 2 rings (SSSR count). The van der Waals surface area contributed by atoms with Gasteiger partial charge in [-0.2, -0.15) is 0 Å². The quantitative estimate of drug-likeness (QED) is 0.561. The van der Waals surface area contributed by atoms with Gasteiger partial charge in [-0.25, -0.2) is 0 Å². The van der Waals surface area contributed by atoms with Crippen molar-refractivity contribution >= 4 is 29.1 Å².